The van der Waals surface area contributed by atoms with Crippen LogP contribution in [0, 0.1) is 13.8 Å². The SMILES string of the molecule is COc1ccc(Cc2csc(N3CCN(S(=O)(=O)c4ccc(C)cc4)CC3)n2)cc1.Cc1ccc(S(=O)(=O)N2CCN(c3nc(Cc4ccc(Cl)cc4)cs3)CC2)cc1. The lowest BCUT2D eigenvalue weighted by Crippen LogP contribution is -2.48. The maximum absolute atomic E-state index is 12.9. The summed E-state index contributed by atoms with van der Waals surface area (Å²) >= 11 is 9.16. The molecule has 4 heterocycles. The van der Waals surface area contributed by atoms with Gasteiger partial charge in [-0.15, -0.1) is 22.7 Å². The van der Waals surface area contributed by atoms with Crippen LogP contribution >= 0.6 is 34.3 Å². The first-order valence-corrected chi connectivity index (χ1v) is 24.3. The summed E-state index contributed by atoms with van der Waals surface area (Å²) in [5.74, 6) is 0.844. The van der Waals surface area contributed by atoms with Crippen LogP contribution in [0.15, 0.2) is 118 Å². The van der Waals surface area contributed by atoms with Gasteiger partial charge in [-0.25, -0.2) is 26.8 Å². The van der Waals surface area contributed by atoms with E-state index >= 15 is 0 Å². The third-order valence-corrected chi connectivity index (χ3v) is 16.2. The van der Waals surface area contributed by atoms with Crippen LogP contribution in [-0.2, 0) is 32.9 Å². The highest BCUT2D eigenvalue weighted by molar-refractivity contribution is 7.89. The van der Waals surface area contributed by atoms with Crippen LogP contribution in [0.5, 0.6) is 5.75 Å². The summed E-state index contributed by atoms with van der Waals surface area (Å²) in [6, 6.07) is 29.9. The summed E-state index contributed by atoms with van der Waals surface area (Å²) in [5.41, 5.74) is 6.48. The molecule has 2 aliphatic heterocycles. The Bertz CT molecular complexity index is 2510. The number of hydrogen-bond acceptors (Lipinski definition) is 11. The maximum atomic E-state index is 12.9. The Hall–Kier alpha value is -4.35. The van der Waals surface area contributed by atoms with Gasteiger partial charge >= 0.3 is 0 Å². The second-order valence-electron chi connectivity index (χ2n) is 14.5. The van der Waals surface area contributed by atoms with Gasteiger partial charge in [0.05, 0.1) is 28.3 Å². The minimum Gasteiger partial charge on any atom is -0.497 e. The number of anilines is 2. The van der Waals surface area contributed by atoms with Crippen molar-refractivity contribution in [1.82, 2.24) is 18.6 Å². The van der Waals surface area contributed by atoms with E-state index in [4.69, 9.17) is 26.3 Å². The molecule has 0 atom stereocenters. The van der Waals surface area contributed by atoms with Crippen molar-refractivity contribution in [2.24, 2.45) is 0 Å². The second-order valence-corrected chi connectivity index (χ2v) is 20.5. The van der Waals surface area contributed by atoms with Crippen molar-refractivity contribution in [2.75, 3.05) is 69.3 Å². The van der Waals surface area contributed by atoms with E-state index in [1.54, 1.807) is 62.7 Å². The molecule has 4 aromatic carbocycles. The van der Waals surface area contributed by atoms with E-state index in [0.29, 0.717) is 62.1 Å². The van der Waals surface area contributed by atoms with E-state index in [1.807, 2.05) is 86.6 Å². The number of piperazine rings is 2. The van der Waals surface area contributed by atoms with Crippen molar-refractivity contribution in [2.45, 2.75) is 36.5 Å². The largest absolute Gasteiger partial charge is 0.497 e. The third kappa shape index (κ3) is 10.7. The number of benzene rings is 4. The molecule has 0 aliphatic carbocycles. The van der Waals surface area contributed by atoms with Gasteiger partial charge < -0.3 is 14.5 Å². The molecule has 0 N–H and O–H groups in total. The summed E-state index contributed by atoms with van der Waals surface area (Å²) in [6.07, 6.45) is 1.53. The number of sulfonamides is 2. The van der Waals surface area contributed by atoms with Gasteiger partial charge in [-0.2, -0.15) is 8.61 Å². The monoisotopic (exact) mass is 890 g/mol. The number of ether oxygens (including phenoxy) is 1. The van der Waals surface area contributed by atoms with Crippen molar-refractivity contribution in [1.29, 1.82) is 0 Å². The van der Waals surface area contributed by atoms with Gasteiger partial charge in [-0.1, -0.05) is 71.3 Å². The molecule has 6 aromatic rings. The van der Waals surface area contributed by atoms with Gasteiger partial charge in [0.15, 0.2) is 10.3 Å². The molecule has 11 nitrogen and oxygen atoms in total. The van der Waals surface area contributed by atoms with E-state index in [-0.39, 0.29) is 0 Å². The number of halogens is 1. The molecule has 8 rings (SSSR count). The summed E-state index contributed by atoms with van der Waals surface area (Å²) in [6.45, 7) is 8.30. The molecule has 2 fully saturated rings. The fraction of sp³-hybridized carbons (Fsp3) is 0.302. The average molecular weight is 892 g/mol. The zero-order valence-electron chi connectivity index (χ0n) is 33.2. The Kier molecular flexibility index (Phi) is 13.7. The minimum atomic E-state index is -3.45. The Balaban J connectivity index is 0.000000179. The van der Waals surface area contributed by atoms with Crippen molar-refractivity contribution in [3.63, 3.8) is 0 Å². The van der Waals surface area contributed by atoms with Gasteiger partial charge in [-0.05, 0) is 73.5 Å². The molecule has 0 bridgehead atoms. The van der Waals surface area contributed by atoms with E-state index in [9.17, 15) is 16.8 Å². The van der Waals surface area contributed by atoms with Crippen molar-refractivity contribution < 1.29 is 21.6 Å². The molecule has 0 radical (unpaired) electrons. The highest BCUT2D eigenvalue weighted by atomic mass is 35.5. The average Bonchev–Trinajstić information content (AvgIpc) is 3.93. The zero-order valence-corrected chi connectivity index (χ0v) is 37.2. The highest BCUT2D eigenvalue weighted by Crippen LogP contribution is 2.28. The highest BCUT2D eigenvalue weighted by Gasteiger charge is 2.31. The summed E-state index contributed by atoms with van der Waals surface area (Å²) in [5, 5.41) is 6.77. The Morgan fingerprint density at radius 1 is 0.559 bits per heavy atom. The number of thiazole rings is 2. The third-order valence-electron chi connectivity index (χ3n) is 10.3. The lowest BCUT2D eigenvalue weighted by molar-refractivity contribution is 0.384. The molecule has 16 heteroatoms. The number of hydrogen-bond donors (Lipinski definition) is 0. The molecular formula is C43H47ClN6O5S4. The molecule has 0 saturated carbocycles. The summed E-state index contributed by atoms with van der Waals surface area (Å²) < 4.78 is 59.8. The van der Waals surface area contributed by atoms with E-state index in [0.717, 1.165) is 56.4 Å². The van der Waals surface area contributed by atoms with Gasteiger partial charge in [0.1, 0.15) is 5.75 Å². The summed E-state index contributed by atoms with van der Waals surface area (Å²) in [4.78, 5) is 14.6. The summed E-state index contributed by atoms with van der Waals surface area (Å²) in [7, 11) is -5.23. The Morgan fingerprint density at radius 3 is 1.31 bits per heavy atom. The number of aryl methyl sites for hydroxylation is 2. The molecular weight excluding hydrogens is 844 g/mol. The number of aromatic nitrogens is 2. The van der Waals surface area contributed by atoms with Gasteiger partial charge in [0, 0.05) is 81.0 Å². The van der Waals surface area contributed by atoms with Crippen LogP contribution < -0.4 is 14.5 Å². The van der Waals surface area contributed by atoms with Crippen LogP contribution in [0.3, 0.4) is 0 Å². The Labute approximate surface area is 360 Å². The molecule has 2 saturated heterocycles. The number of methoxy groups -OCH3 is 1. The maximum Gasteiger partial charge on any atom is 0.243 e. The predicted octanol–water partition coefficient (Wildman–Crippen LogP) is 7.77. The van der Waals surface area contributed by atoms with E-state index in [2.05, 4.69) is 20.6 Å². The lowest BCUT2D eigenvalue weighted by Gasteiger charge is -2.33. The quantitative estimate of drug-likeness (QED) is 0.129. The Morgan fingerprint density at radius 2 is 0.932 bits per heavy atom. The molecule has 59 heavy (non-hydrogen) atoms. The zero-order chi connectivity index (χ0) is 41.6. The first-order chi connectivity index (χ1) is 28.4. The van der Waals surface area contributed by atoms with Crippen LogP contribution in [0.2, 0.25) is 5.02 Å². The lowest BCUT2D eigenvalue weighted by atomic mass is 10.1. The predicted molar refractivity (Wildman–Crippen MR) is 239 cm³/mol. The number of nitrogens with zero attached hydrogens (tertiary/aromatic N) is 6. The molecule has 0 spiro atoms. The van der Waals surface area contributed by atoms with Gasteiger partial charge in [0.25, 0.3) is 0 Å². The standard InChI is InChI=1S/C22H25N3O3S2.C21H22ClN3O2S2/c1-17-3-9-21(10-4-17)30(26,27)25-13-11-24(12-14-25)22-23-19(16-29-22)15-18-5-7-20(28-2)8-6-18;1-16-2-8-20(9-3-16)29(26,27)25-12-10-24(11-13-25)21-23-19(15-28-21)14-17-4-6-18(22)7-5-17/h3-10,16H,11-15H2,1-2H3;2-9,15H,10-14H2,1H3. The first-order valence-electron chi connectivity index (χ1n) is 19.3. The first kappa shape index (κ1) is 42.8. The molecule has 0 amide bonds. The fourth-order valence-corrected chi connectivity index (χ4v) is 11.5. The van der Waals surface area contributed by atoms with Crippen LogP contribution in [0.4, 0.5) is 10.3 Å². The van der Waals surface area contributed by atoms with Crippen molar-refractivity contribution >= 4 is 64.6 Å². The molecule has 0 unspecified atom stereocenters. The molecule has 2 aromatic heterocycles. The van der Waals surface area contributed by atoms with Crippen LogP contribution in [-0.4, -0.2) is 94.9 Å². The van der Waals surface area contributed by atoms with E-state index < -0.39 is 20.0 Å². The fourth-order valence-electron chi connectivity index (χ4n) is 6.77. The second kappa shape index (κ2) is 18.9. The molecule has 310 valence electrons. The molecule has 2 aliphatic rings. The minimum absolute atomic E-state index is 0.357. The van der Waals surface area contributed by atoms with Gasteiger partial charge in [-0.3, -0.25) is 0 Å². The van der Waals surface area contributed by atoms with Crippen LogP contribution in [0.25, 0.3) is 0 Å². The van der Waals surface area contributed by atoms with E-state index in [1.165, 1.54) is 11.1 Å². The normalized spacial score (nSPS) is 15.5. The van der Waals surface area contributed by atoms with Gasteiger partial charge in [0.2, 0.25) is 20.0 Å². The van der Waals surface area contributed by atoms with Crippen molar-refractivity contribution in [3.05, 3.63) is 146 Å². The van der Waals surface area contributed by atoms with Crippen LogP contribution in [0.1, 0.15) is 33.6 Å². The topological polar surface area (TPSA) is 116 Å². The van der Waals surface area contributed by atoms with Crippen molar-refractivity contribution in [3.8, 4) is 5.75 Å². The smallest absolute Gasteiger partial charge is 0.243 e. The number of rotatable bonds is 11.